The predicted octanol–water partition coefficient (Wildman–Crippen LogP) is 3.68. The van der Waals surface area contributed by atoms with Gasteiger partial charge in [0.25, 0.3) is 0 Å². The average Bonchev–Trinajstić information content (AvgIpc) is 3.07. The van der Waals surface area contributed by atoms with Crippen LogP contribution in [-0.4, -0.2) is 25.0 Å². The van der Waals surface area contributed by atoms with E-state index in [1.165, 1.54) is 12.8 Å². The van der Waals surface area contributed by atoms with Crippen molar-refractivity contribution in [2.24, 2.45) is 0 Å². The first-order valence-corrected chi connectivity index (χ1v) is 7.86. The number of nitrogens with one attached hydrogen (secondary N) is 1. The highest BCUT2D eigenvalue weighted by molar-refractivity contribution is 6.31. The molecule has 110 valence electrons. The van der Waals surface area contributed by atoms with Crippen LogP contribution in [0.3, 0.4) is 0 Å². The molecule has 1 heterocycles. The summed E-state index contributed by atoms with van der Waals surface area (Å²) < 4.78 is 12.0. The van der Waals surface area contributed by atoms with Gasteiger partial charge in [-0.05, 0) is 31.4 Å². The molecule has 1 N–H and O–H groups in total. The average molecular weight is 296 g/mol. The van der Waals surface area contributed by atoms with Gasteiger partial charge in [-0.15, -0.1) is 0 Å². The summed E-state index contributed by atoms with van der Waals surface area (Å²) in [6.07, 6.45) is 4.68. The van der Waals surface area contributed by atoms with Crippen LogP contribution in [0.4, 0.5) is 0 Å². The van der Waals surface area contributed by atoms with E-state index in [2.05, 4.69) is 18.3 Å². The molecule has 1 aromatic rings. The molecule has 2 aliphatic rings. The van der Waals surface area contributed by atoms with Gasteiger partial charge in [0.05, 0.1) is 12.7 Å². The summed E-state index contributed by atoms with van der Waals surface area (Å²) in [6.45, 7) is 3.62. The fourth-order valence-corrected chi connectivity index (χ4v) is 3.44. The van der Waals surface area contributed by atoms with Crippen molar-refractivity contribution < 1.29 is 9.47 Å². The molecule has 4 heteroatoms. The van der Waals surface area contributed by atoms with Crippen LogP contribution in [0.5, 0.6) is 0 Å². The highest BCUT2D eigenvalue weighted by Crippen LogP contribution is 2.39. The fourth-order valence-electron chi connectivity index (χ4n) is 3.14. The second-order valence-electron chi connectivity index (χ2n) is 5.82. The zero-order chi connectivity index (χ0) is 14.0. The highest BCUT2D eigenvalue weighted by atomic mass is 35.5. The number of hydrogen-bond donors (Lipinski definition) is 1. The number of halogens is 1. The van der Waals surface area contributed by atoms with E-state index in [0.29, 0.717) is 6.61 Å². The molecule has 1 spiro atoms. The zero-order valence-corrected chi connectivity index (χ0v) is 12.7. The first kappa shape index (κ1) is 14.3. The molecule has 1 saturated heterocycles. The lowest BCUT2D eigenvalue weighted by Crippen LogP contribution is -2.33. The van der Waals surface area contributed by atoms with E-state index in [1.807, 2.05) is 18.2 Å². The van der Waals surface area contributed by atoms with Crippen LogP contribution in [0.15, 0.2) is 24.3 Å². The Bertz CT molecular complexity index is 460. The van der Waals surface area contributed by atoms with Gasteiger partial charge in [-0.1, -0.05) is 29.8 Å². The smallest absolute Gasteiger partial charge is 0.168 e. The Morgan fingerprint density at radius 2 is 2.10 bits per heavy atom. The monoisotopic (exact) mass is 295 g/mol. The molecule has 20 heavy (non-hydrogen) atoms. The number of benzene rings is 1. The molecule has 0 unspecified atom stereocenters. The van der Waals surface area contributed by atoms with E-state index in [0.717, 1.165) is 30.0 Å². The van der Waals surface area contributed by atoms with Crippen LogP contribution < -0.4 is 5.32 Å². The normalized spacial score (nSPS) is 26.2. The number of rotatable bonds is 4. The maximum atomic E-state index is 6.22. The third-order valence-corrected chi connectivity index (χ3v) is 4.65. The molecule has 2 fully saturated rings. The van der Waals surface area contributed by atoms with Crippen LogP contribution in [0.2, 0.25) is 5.02 Å². The molecule has 1 saturated carbocycles. The lowest BCUT2D eigenvalue weighted by molar-refractivity contribution is -0.161. The lowest BCUT2D eigenvalue weighted by Gasteiger charge is -2.23. The van der Waals surface area contributed by atoms with E-state index in [1.54, 1.807) is 0 Å². The lowest BCUT2D eigenvalue weighted by atomic mass is 10.1. The van der Waals surface area contributed by atoms with E-state index in [4.69, 9.17) is 21.1 Å². The molecule has 0 amide bonds. The van der Waals surface area contributed by atoms with Crippen molar-refractivity contribution >= 4 is 11.6 Å². The first-order chi connectivity index (χ1) is 9.69. The van der Waals surface area contributed by atoms with Gasteiger partial charge in [0, 0.05) is 30.5 Å². The molecule has 1 aromatic carbocycles. The van der Waals surface area contributed by atoms with Crippen molar-refractivity contribution in [3.8, 4) is 0 Å². The van der Waals surface area contributed by atoms with Crippen molar-refractivity contribution in [3.05, 3.63) is 34.9 Å². The van der Waals surface area contributed by atoms with Gasteiger partial charge in [-0.2, -0.15) is 0 Å². The molecule has 1 aliphatic heterocycles. The molecule has 1 aliphatic carbocycles. The zero-order valence-electron chi connectivity index (χ0n) is 11.9. The second-order valence-corrected chi connectivity index (χ2v) is 6.23. The maximum absolute atomic E-state index is 6.22. The second kappa shape index (κ2) is 6.02. The molecule has 0 aromatic heterocycles. The van der Waals surface area contributed by atoms with Crippen LogP contribution in [0.1, 0.15) is 44.2 Å². The summed E-state index contributed by atoms with van der Waals surface area (Å²) in [7, 11) is 0. The van der Waals surface area contributed by atoms with Crippen molar-refractivity contribution in [3.63, 3.8) is 0 Å². The van der Waals surface area contributed by atoms with Gasteiger partial charge in [-0.25, -0.2) is 0 Å². The number of hydrogen-bond acceptors (Lipinski definition) is 3. The van der Waals surface area contributed by atoms with Gasteiger partial charge < -0.3 is 14.8 Å². The van der Waals surface area contributed by atoms with Gasteiger partial charge >= 0.3 is 0 Å². The summed E-state index contributed by atoms with van der Waals surface area (Å²) in [6, 6.07) is 8.17. The minimum atomic E-state index is -0.264. The summed E-state index contributed by atoms with van der Waals surface area (Å²) in [5.41, 5.74) is 1.13. The van der Waals surface area contributed by atoms with Crippen LogP contribution in [-0.2, 0) is 9.47 Å². The fraction of sp³-hybridized carbons (Fsp3) is 0.625. The molecule has 0 radical (unpaired) electrons. The van der Waals surface area contributed by atoms with Crippen molar-refractivity contribution in [2.75, 3.05) is 13.2 Å². The summed E-state index contributed by atoms with van der Waals surface area (Å²) in [4.78, 5) is 0. The van der Waals surface area contributed by atoms with Crippen molar-refractivity contribution in [1.29, 1.82) is 0 Å². The quantitative estimate of drug-likeness (QED) is 0.919. The van der Waals surface area contributed by atoms with Gasteiger partial charge in [0.15, 0.2) is 5.79 Å². The van der Waals surface area contributed by atoms with Crippen LogP contribution in [0, 0.1) is 0 Å². The maximum Gasteiger partial charge on any atom is 0.168 e. The molecule has 0 bridgehead atoms. The van der Waals surface area contributed by atoms with Crippen molar-refractivity contribution in [1.82, 2.24) is 5.32 Å². The molecular weight excluding hydrogens is 274 g/mol. The standard InChI is InChI=1S/C16H22ClNO2/c1-12(14-6-2-3-7-15(14)17)18-10-13-11-19-16(20-13)8-4-5-9-16/h2-3,6-7,12-13,18H,4-5,8-11H2,1H3/t12-,13-/m0/s1. The van der Waals surface area contributed by atoms with E-state index in [9.17, 15) is 0 Å². The Morgan fingerprint density at radius 3 is 2.85 bits per heavy atom. The largest absolute Gasteiger partial charge is 0.347 e. The number of ether oxygens (including phenoxy) is 2. The Balaban J connectivity index is 1.52. The van der Waals surface area contributed by atoms with Crippen LogP contribution >= 0.6 is 11.6 Å². The van der Waals surface area contributed by atoms with E-state index < -0.39 is 0 Å². The van der Waals surface area contributed by atoms with Crippen LogP contribution in [0.25, 0.3) is 0 Å². The minimum absolute atomic E-state index is 0.151. The van der Waals surface area contributed by atoms with E-state index in [-0.39, 0.29) is 17.9 Å². The Labute approximate surface area is 125 Å². The predicted molar refractivity (Wildman–Crippen MR) is 79.9 cm³/mol. The SMILES string of the molecule is C[C@H](NC[C@H]1COC2(CCCC2)O1)c1ccccc1Cl. The summed E-state index contributed by atoms with van der Waals surface area (Å²) >= 11 is 6.22. The van der Waals surface area contributed by atoms with Gasteiger partial charge in [0.2, 0.25) is 0 Å². The molecule has 3 rings (SSSR count). The third-order valence-electron chi connectivity index (χ3n) is 4.30. The Hall–Kier alpha value is -0.610. The van der Waals surface area contributed by atoms with E-state index >= 15 is 0 Å². The molecule has 3 nitrogen and oxygen atoms in total. The first-order valence-electron chi connectivity index (χ1n) is 7.48. The Morgan fingerprint density at radius 1 is 1.35 bits per heavy atom. The summed E-state index contributed by atoms with van der Waals surface area (Å²) in [5, 5.41) is 4.31. The highest BCUT2D eigenvalue weighted by Gasteiger charge is 2.43. The molecular formula is C16H22ClNO2. The molecule has 2 atom stereocenters. The third kappa shape index (κ3) is 3.01. The summed E-state index contributed by atoms with van der Waals surface area (Å²) in [5.74, 6) is -0.264. The topological polar surface area (TPSA) is 30.5 Å². The minimum Gasteiger partial charge on any atom is -0.347 e. The van der Waals surface area contributed by atoms with Gasteiger partial charge in [-0.3, -0.25) is 0 Å². The van der Waals surface area contributed by atoms with Crippen molar-refractivity contribution in [2.45, 2.75) is 50.5 Å². The van der Waals surface area contributed by atoms with Gasteiger partial charge in [0.1, 0.15) is 0 Å². The Kier molecular flexibility index (Phi) is 4.32.